The summed E-state index contributed by atoms with van der Waals surface area (Å²) in [6.07, 6.45) is 3.52. The number of rotatable bonds is 2. The van der Waals surface area contributed by atoms with E-state index in [1.165, 1.54) is 6.42 Å². The van der Waals surface area contributed by atoms with Crippen LogP contribution in [-0.4, -0.2) is 17.3 Å². The van der Waals surface area contributed by atoms with Crippen LogP contribution in [0.5, 0.6) is 0 Å². The van der Waals surface area contributed by atoms with Crippen LogP contribution in [0.3, 0.4) is 0 Å². The zero-order valence-corrected chi connectivity index (χ0v) is 6.81. The minimum atomic E-state index is 0.0978. The molecule has 0 atom stereocenters. The Morgan fingerprint density at radius 3 is 2.25 bits per heavy atom. The molecule has 2 N–H and O–H groups in total. The summed E-state index contributed by atoms with van der Waals surface area (Å²) in [5.74, 6) is 0. The van der Waals surface area contributed by atoms with E-state index in [1.807, 2.05) is 0 Å². The Kier molecular flexibility index (Phi) is 2.11. The van der Waals surface area contributed by atoms with Crippen molar-refractivity contribution in [3.8, 4) is 0 Å². The Hall–Kier alpha value is 0.650. The number of aliphatic hydroxyl groups excluding tert-OH is 1. The second kappa shape index (κ2) is 2.49. The molecule has 3 heteroatoms. The summed E-state index contributed by atoms with van der Waals surface area (Å²) in [4.78, 5) is 0. The van der Waals surface area contributed by atoms with Gasteiger partial charge in [-0.1, -0.05) is 0 Å². The van der Waals surface area contributed by atoms with Crippen LogP contribution in [0.25, 0.3) is 0 Å². The van der Waals surface area contributed by atoms with Crippen molar-refractivity contribution in [3.63, 3.8) is 0 Å². The highest BCUT2D eigenvalue weighted by molar-refractivity contribution is 14.1. The molecule has 0 amide bonds. The first-order chi connectivity index (χ1) is 3.83. The third kappa shape index (κ3) is 0.989. The quantitative estimate of drug-likeness (QED) is 0.541. The molecule has 0 spiro atoms. The lowest BCUT2D eigenvalue weighted by Crippen LogP contribution is -2.49. The highest BCUT2D eigenvalue weighted by atomic mass is 127. The molecule has 0 aromatic carbocycles. The van der Waals surface area contributed by atoms with E-state index in [-0.39, 0.29) is 12.1 Å². The molecule has 0 radical (unpaired) electrons. The average Bonchev–Trinajstić information content (AvgIpc) is 1.67. The van der Waals surface area contributed by atoms with Gasteiger partial charge >= 0.3 is 0 Å². The van der Waals surface area contributed by atoms with E-state index >= 15 is 0 Å². The van der Waals surface area contributed by atoms with E-state index in [4.69, 9.17) is 5.11 Å². The number of hydrogen-bond acceptors (Lipinski definition) is 2. The minimum absolute atomic E-state index is 0.0978. The van der Waals surface area contributed by atoms with Gasteiger partial charge in [0.15, 0.2) is 0 Å². The summed E-state index contributed by atoms with van der Waals surface area (Å²) in [7, 11) is 0. The van der Waals surface area contributed by atoms with Gasteiger partial charge in [0.05, 0.1) is 12.1 Å². The fourth-order valence-corrected chi connectivity index (χ4v) is 1.60. The fraction of sp³-hybridized carbons (Fsp3) is 1.00. The topological polar surface area (TPSA) is 32.3 Å². The van der Waals surface area contributed by atoms with Crippen LogP contribution in [0, 0.1) is 0 Å². The van der Waals surface area contributed by atoms with Gasteiger partial charge < -0.3 is 5.11 Å². The maximum atomic E-state index is 8.77. The predicted molar refractivity (Wildman–Crippen MR) is 40.8 cm³/mol. The SMILES string of the molecule is OCC1(NI)CCC1. The molecule has 1 fully saturated rings. The van der Waals surface area contributed by atoms with Gasteiger partial charge in [-0.15, -0.1) is 0 Å². The summed E-state index contributed by atoms with van der Waals surface area (Å²) >= 11 is 2.11. The summed E-state index contributed by atoms with van der Waals surface area (Å²) in [5.41, 5.74) is 0.0978. The van der Waals surface area contributed by atoms with E-state index in [2.05, 4.69) is 26.4 Å². The molecule has 0 aromatic heterocycles. The first kappa shape index (κ1) is 6.77. The molecule has 0 aromatic rings. The third-order valence-electron chi connectivity index (χ3n) is 1.81. The molecule has 1 aliphatic carbocycles. The molecule has 0 bridgehead atoms. The van der Waals surface area contributed by atoms with E-state index in [9.17, 15) is 0 Å². The Labute approximate surface area is 63.2 Å². The molecule has 8 heavy (non-hydrogen) atoms. The van der Waals surface area contributed by atoms with Gasteiger partial charge in [-0.3, -0.25) is 3.53 Å². The standard InChI is InChI=1S/C5H10INO/c6-7-5(4-8)2-1-3-5/h7-8H,1-4H2. The van der Waals surface area contributed by atoms with Crippen LogP contribution >= 0.6 is 22.9 Å². The van der Waals surface area contributed by atoms with Gasteiger partial charge in [0.25, 0.3) is 0 Å². The van der Waals surface area contributed by atoms with Gasteiger partial charge in [0, 0.05) is 22.9 Å². The molecule has 1 aliphatic rings. The molecule has 0 heterocycles. The monoisotopic (exact) mass is 227 g/mol. The van der Waals surface area contributed by atoms with Crippen molar-refractivity contribution in [2.45, 2.75) is 24.8 Å². The second-order valence-electron chi connectivity index (χ2n) is 2.39. The molecule has 0 saturated heterocycles. The molecular weight excluding hydrogens is 217 g/mol. The van der Waals surface area contributed by atoms with Crippen LogP contribution < -0.4 is 3.53 Å². The zero-order valence-electron chi connectivity index (χ0n) is 4.65. The number of nitrogens with one attached hydrogen (secondary N) is 1. The maximum Gasteiger partial charge on any atom is 0.0620 e. The van der Waals surface area contributed by atoms with Gasteiger partial charge in [0.1, 0.15) is 0 Å². The predicted octanol–water partition coefficient (Wildman–Crippen LogP) is 0.841. The Balaban J connectivity index is 2.33. The van der Waals surface area contributed by atoms with Gasteiger partial charge in [0.2, 0.25) is 0 Å². The molecule has 0 unspecified atom stereocenters. The van der Waals surface area contributed by atoms with Gasteiger partial charge in [-0.2, -0.15) is 0 Å². The van der Waals surface area contributed by atoms with E-state index < -0.39 is 0 Å². The summed E-state index contributed by atoms with van der Waals surface area (Å²) in [6, 6.07) is 0. The second-order valence-corrected chi connectivity index (χ2v) is 2.93. The lowest BCUT2D eigenvalue weighted by molar-refractivity contribution is 0.118. The lowest BCUT2D eigenvalue weighted by Gasteiger charge is -2.38. The average molecular weight is 227 g/mol. The van der Waals surface area contributed by atoms with Gasteiger partial charge in [-0.05, 0) is 19.3 Å². The number of aliphatic hydroxyl groups is 1. The summed E-state index contributed by atoms with van der Waals surface area (Å²) < 4.78 is 3.08. The molecule has 1 rings (SSSR count). The highest BCUT2D eigenvalue weighted by Crippen LogP contribution is 2.31. The van der Waals surface area contributed by atoms with Crippen molar-refractivity contribution in [2.24, 2.45) is 0 Å². The Morgan fingerprint density at radius 1 is 1.62 bits per heavy atom. The van der Waals surface area contributed by atoms with Crippen LogP contribution in [-0.2, 0) is 0 Å². The van der Waals surface area contributed by atoms with Crippen molar-refractivity contribution in [3.05, 3.63) is 0 Å². The molecule has 48 valence electrons. The lowest BCUT2D eigenvalue weighted by atomic mass is 9.79. The molecule has 1 saturated carbocycles. The third-order valence-corrected chi connectivity index (χ3v) is 2.96. The van der Waals surface area contributed by atoms with Crippen molar-refractivity contribution in [2.75, 3.05) is 6.61 Å². The van der Waals surface area contributed by atoms with Crippen molar-refractivity contribution in [1.82, 2.24) is 3.53 Å². The smallest absolute Gasteiger partial charge is 0.0620 e. The first-order valence-electron chi connectivity index (χ1n) is 2.82. The molecule has 0 aliphatic heterocycles. The number of hydrogen-bond donors (Lipinski definition) is 2. The largest absolute Gasteiger partial charge is 0.394 e. The van der Waals surface area contributed by atoms with Crippen LogP contribution in [0.1, 0.15) is 19.3 Å². The van der Waals surface area contributed by atoms with Crippen molar-refractivity contribution in [1.29, 1.82) is 0 Å². The van der Waals surface area contributed by atoms with Gasteiger partial charge in [-0.25, -0.2) is 0 Å². The summed E-state index contributed by atoms with van der Waals surface area (Å²) in [5, 5.41) is 8.77. The molecular formula is C5H10INO. The minimum Gasteiger partial charge on any atom is -0.394 e. The highest BCUT2D eigenvalue weighted by Gasteiger charge is 2.34. The summed E-state index contributed by atoms with van der Waals surface area (Å²) in [6.45, 7) is 0.288. The van der Waals surface area contributed by atoms with Crippen molar-refractivity contribution >= 4 is 22.9 Å². The van der Waals surface area contributed by atoms with Crippen molar-refractivity contribution < 1.29 is 5.11 Å². The first-order valence-corrected chi connectivity index (χ1v) is 3.89. The zero-order chi connectivity index (χ0) is 6.04. The number of halogens is 1. The van der Waals surface area contributed by atoms with Crippen LogP contribution in [0.2, 0.25) is 0 Å². The van der Waals surface area contributed by atoms with E-state index in [1.54, 1.807) is 0 Å². The van der Waals surface area contributed by atoms with Crippen LogP contribution in [0.15, 0.2) is 0 Å². The normalized spacial score (nSPS) is 24.8. The van der Waals surface area contributed by atoms with E-state index in [0.29, 0.717) is 0 Å². The Morgan fingerprint density at radius 2 is 2.25 bits per heavy atom. The fourth-order valence-electron chi connectivity index (χ4n) is 0.886. The maximum absolute atomic E-state index is 8.77. The molecule has 2 nitrogen and oxygen atoms in total. The van der Waals surface area contributed by atoms with Crippen LogP contribution in [0.4, 0.5) is 0 Å². The Bertz CT molecular complexity index is 69.0. The van der Waals surface area contributed by atoms with E-state index in [0.717, 1.165) is 12.8 Å².